The lowest BCUT2D eigenvalue weighted by Crippen LogP contribution is -2.03. The van der Waals surface area contributed by atoms with Gasteiger partial charge in [-0.15, -0.1) is 0 Å². The lowest BCUT2D eigenvalue weighted by Gasteiger charge is -2.05. The Kier molecular flexibility index (Phi) is 4.28. The monoisotopic (exact) mass is 307 g/mol. The van der Waals surface area contributed by atoms with Crippen molar-refractivity contribution >= 4 is 21.7 Å². The third-order valence-corrected chi connectivity index (χ3v) is 2.80. The Labute approximate surface area is 114 Å². The molecule has 0 aliphatic rings. The van der Waals surface area contributed by atoms with E-state index in [1.807, 2.05) is 31.2 Å². The van der Waals surface area contributed by atoms with Crippen LogP contribution >= 0.6 is 15.9 Å². The van der Waals surface area contributed by atoms with Crippen molar-refractivity contribution in [1.82, 2.24) is 9.97 Å². The summed E-state index contributed by atoms with van der Waals surface area (Å²) in [7, 11) is 0. The van der Waals surface area contributed by atoms with E-state index in [-0.39, 0.29) is 0 Å². The van der Waals surface area contributed by atoms with Crippen molar-refractivity contribution in [2.45, 2.75) is 20.1 Å². The van der Waals surface area contributed by atoms with E-state index in [9.17, 15) is 0 Å². The first-order valence-electron chi connectivity index (χ1n) is 5.56. The maximum absolute atomic E-state index is 5.65. The smallest absolute Gasteiger partial charge is 0.156 e. The summed E-state index contributed by atoms with van der Waals surface area (Å²) < 4.78 is 6.61. The molecule has 1 heterocycles. The third-order valence-electron chi connectivity index (χ3n) is 2.31. The first-order valence-corrected chi connectivity index (χ1v) is 6.35. The number of anilines is 1. The summed E-state index contributed by atoms with van der Waals surface area (Å²) in [6, 6.07) is 9.72. The van der Waals surface area contributed by atoms with Crippen molar-refractivity contribution in [3.63, 3.8) is 0 Å². The second-order valence-electron chi connectivity index (χ2n) is 3.97. The minimum absolute atomic E-state index is 0.360. The molecule has 18 heavy (non-hydrogen) atoms. The van der Waals surface area contributed by atoms with Crippen molar-refractivity contribution in [3.8, 4) is 0 Å². The van der Waals surface area contributed by atoms with Gasteiger partial charge in [-0.25, -0.2) is 9.97 Å². The number of ether oxygens (including phenoxy) is 1. The topological polar surface area (TPSA) is 61.0 Å². The number of aromatic nitrogens is 2. The molecule has 0 radical (unpaired) electrons. The minimum Gasteiger partial charge on any atom is -0.384 e. The first kappa shape index (κ1) is 13.0. The lowest BCUT2D eigenvalue weighted by atomic mass is 10.2. The molecule has 2 rings (SSSR count). The summed E-state index contributed by atoms with van der Waals surface area (Å²) in [4.78, 5) is 8.37. The largest absolute Gasteiger partial charge is 0.384 e. The Bertz CT molecular complexity index is 525. The molecule has 0 saturated heterocycles. The zero-order chi connectivity index (χ0) is 13.0. The van der Waals surface area contributed by atoms with Gasteiger partial charge in [0.25, 0.3) is 0 Å². The van der Waals surface area contributed by atoms with Crippen molar-refractivity contribution < 1.29 is 4.74 Å². The highest BCUT2D eigenvalue weighted by atomic mass is 79.9. The number of nitrogens with two attached hydrogens (primary N) is 1. The van der Waals surface area contributed by atoms with Crippen LogP contribution in [0, 0.1) is 6.92 Å². The standard InChI is InChI=1S/C13H14BrN3O/c1-9-5-12(15)17-13(16-9)8-18-7-10-3-2-4-11(14)6-10/h2-6H,7-8H2,1H3,(H2,15,16,17). The van der Waals surface area contributed by atoms with Crippen LogP contribution in [0.15, 0.2) is 34.8 Å². The fourth-order valence-corrected chi connectivity index (χ4v) is 2.05. The molecule has 1 aromatic heterocycles. The lowest BCUT2D eigenvalue weighted by molar-refractivity contribution is 0.102. The van der Waals surface area contributed by atoms with E-state index in [1.54, 1.807) is 6.07 Å². The van der Waals surface area contributed by atoms with Gasteiger partial charge < -0.3 is 10.5 Å². The minimum atomic E-state index is 0.360. The molecule has 5 heteroatoms. The maximum atomic E-state index is 5.65. The second kappa shape index (κ2) is 5.93. The summed E-state index contributed by atoms with van der Waals surface area (Å²) in [5, 5.41) is 0. The summed E-state index contributed by atoms with van der Waals surface area (Å²) >= 11 is 3.42. The number of rotatable bonds is 4. The van der Waals surface area contributed by atoms with Crippen LogP contribution in [0.3, 0.4) is 0 Å². The molecule has 0 unspecified atom stereocenters. The molecule has 4 nitrogen and oxygen atoms in total. The molecule has 0 atom stereocenters. The van der Waals surface area contributed by atoms with Gasteiger partial charge in [0.05, 0.1) is 6.61 Å². The van der Waals surface area contributed by atoms with E-state index in [2.05, 4.69) is 25.9 Å². The molecule has 2 aromatic rings. The Morgan fingerprint density at radius 3 is 2.78 bits per heavy atom. The molecule has 0 bridgehead atoms. The van der Waals surface area contributed by atoms with Crippen molar-refractivity contribution in [1.29, 1.82) is 0 Å². The summed E-state index contributed by atoms with van der Waals surface area (Å²) in [6.45, 7) is 2.77. The van der Waals surface area contributed by atoms with Gasteiger partial charge in [-0.2, -0.15) is 0 Å². The van der Waals surface area contributed by atoms with Crippen molar-refractivity contribution in [2.24, 2.45) is 0 Å². The van der Waals surface area contributed by atoms with Crippen LogP contribution in [0.2, 0.25) is 0 Å². The van der Waals surface area contributed by atoms with Crippen LogP contribution in [0.25, 0.3) is 0 Å². The van der Waals surface area contributed by atoms with Crippen LogP contribution in [0.1, 0.15) is 17.1 Å². The second-order valence-corrected chi connectivity index (χ2v) is 4.89. The van der Waals surface area contributed by atoms with E-state index in [0.29, 0.717) is 24.9 Å². The van der Waals surface area contributed by atoms with Gasteiger partial charge in [-0.1, -0.05) is 28.1 Å². The number of halogens is 1. The summed E-state index contributed by atoms with van der Waals surface area (Å²) in [5.41, 5.74) is 7.60. The molecule has 0 amide bonds. The van der Waals surface area contributed by atoms with E-state index in [1.165, 1.54) is 0 Å². The molecule has 1 aromatic carbocycles. The molecular weight excluding hydrogens is 294 g/mol. The summed E-state index contributed by atoms with van der Waals surface area (Å²) in [6.07, 6.45) is 0. The molecule has 94 valence electrons. The van der Waals surface area contributed by atoms with Gasteiger partial charge in [0.15, 0.2) is 5.82 Å². The Balaban J connectivity index is 1.92. The molecular formula is C13H14BrN3O. The number of benzene rings is 1. The van der Waals surface area contributed by atoms with Crippen LogP contribution in [-0.4, -0.2) is 9.97 Å². The highest BCUT2D eigenvalue weighted by Gasteiger charge is 2.01. The Morgan fingerprint density at radius 1 is 1.22 bits per heavy atom. The zero-order valence-corrected chi connectivity index (χ0v) is 11.6. The average Bonchev–Trinajstić information content (AvgIpc) is 2.27. The van der Waals surface area contributed by atoms with Gasteiger partial charge in [0, 0.05) is 16.2 Å². The maximum Gasteiger partial charge on any atom is 0.156 e. The number of hydrogen-bond donors (Lipinski definition) is 1. The number of nitrogens with zero attached hydrogens (tertiary/aromatic N) is 2. The molecule has 0 fully saturated rings. The average molecular weight is 308 g/mol. The number of nitrogen functional groups attached to an aromatic ring is 1. The number of aryl methyl sites for hydroxylation is 1. The van der Waals surface area contributed by atoms with Crippen LogP contribution in [0.4, 0.5) is 5.82 Å². The van der Waals surface area contributed by atoms with Crippen molar-refractivity contribution in [3.05, 3.63) is 51.9 Å². The molecule has 0 aliphatic heterocycles. The zero-order valence-electron chi connectivity index (χ0n) is 10.1. The molecule has 2 N–H and O–H groups in total. The van der Waals surface area contributed by atoms with E-state index >= 15 is 0 Å². The quantitative estimate of drug-likeness (QED) is 0.943. The van der Waals surface area contributed by atoms with Crippen LogP contribution in [-0.2, 0) is 18.0 Å². The van der Waals surface area contributed by atoms with E-state index < -0.39 is 0 Å². The van der Waals surface area contributed by atoms with Gasteiger partial charge in [-0.05, 0) is 24.6 Å². The third kappa shape index (κ3) is 3.78. The van der Waals surface area contributed by atoms with Gasteiger partial charge in [0.1, 0.15) is 12.4 Å². The fourth-order valence-electron chi connectivity index (χ4n) is 1.61. The molecule has 0 spiro atoms. The normalized spacial score (nSPS) is 10.6. The molecule has 0 saturated carbocycles. The predicted octanol–water partition coefficient (Wildman–Crippen LogP) is 2.85. The SMILES string of the molecule is Cc1cc(N)nc(COCc2cccc(Br)c2)n1. The van der Waals surface area contributed by atoms with E-state index in [0.717, 1.165) is 15.7 Å². The van der Waals surface area contributed by atoms with Gasteiger partial charge >= 0.3 is 0 Å². The Hall–Kier alpha value is -1.46. The van der Waals surface area contributed by atoms with Crippen LogP contribution in [0.5, 0.6) is 0 Å². The van der Waals surface area contributed by atoms with Crippen molar-refractivity contribution in [2.75, 3.05) is 5.73 Å². The first-order chi connectivity index (χ1) is 8.63. The van der Waals surface area contributed by atoms with Crippen LogP contribution < -0.4 is 5.73 Å². The summed E-state index contributed by atoms with van der Waals surface area (Å²) in [5.74, 6) is 1.09. The molecule has 0 aliphatic carbocycles. The Morgan fingerprint density at radius 2 is 2.06 bits per heavy atom. The highest BCUT2D eigenvalue weighted by molar-refractivity contribution is 9.10. The predicted molar refractivity (Wildman–Crippen MR) is 73.8 cm³/mol. The van der Waals surface area contributed by atoms with Gasteiger partial charge in [0.2, 0.25) is 0 Å². The van der Waals surface area contributed by atoms with E-state index in [4.69, 9.17) is 10.5 Å². The highest BCUT2D eigenvalue weighted by Crippen LogP contribution is 2.13. The van der Waals surface area contributed by atoms with Gasteiger partial charge in [-0.3, -0.25) is 0 Å². The fraction of sp³-hybridized carbons (Fsp3) is 0.231. The number of hydrogen-bond acceptors (Lipinski definition) is 4.